The molecule has 1 aliphatic heterocycles. The van der Waals surface area contributed by atoms with Crippen molar-refractivity contribution in [3.63, 3.8) is 0 Å². The largest absolute Gasteiger partial charge is 0.497 e. The van der Waals surface area contributed by atoms with Crippen molar-refractivity contribution < 1.29 is 19.1 Å². The monoisotopic (exact) mass is 493 g/mol. The van der Waals surface area contributed by atoms with Gasteiger partial charge >= 0.3 is 0 Å². The van der Waals surface area contributed by atoms with E-state index in [9.17, 15) is 9.59 Å². The van der Waals surface area contributed by atoms with E-state index in [4.69, 9.17) is 21.1 Å². The number of amides is 2. The average Bonchev–Trinajstić information content (AvgIpc) is 2.88. The Morgan fingerprint density at radius 3 is 2.26 bits per heavy atom. The summed E-state index contributed by atoms with van der Waals surface area (Å²) in [7, 11) is 1.61. The van der Waals surface area contributed by atoms with Gasteiger partial charge in [0.05, 0.1) is 7.11 Å². The van der Waals surface area contributed by atoms with E-state index in [1.54, 1.807) is 49.6 Å². The molecule has 7 nitrogen and oxygen atoms in total. The van der Waals surface area contributed by atoms with Gasteiger partial charge in [0, 0.05) is 48.1 Å². The SMILES string of the molecule is COc1ccc(C(=O)N2CCN(c3ccc(NC(=O)COc4ccc(Cl)cc4C)cc3)CC2)cc1. The van der Waals surface area contributed by atoms with Gasteiger partial charge in [0.25, 0.3) is 11.8 Å². The summed E-state index contributed by atoms with van der Waals surface area (Å²) in [6.45, 7) is 4.56. The zero-order chi connectivity index (χ0) is 24.8. The lowest BCUT2D eigenvalue weighted by Gasteiger charge is -2.36. The van der Waals surface area contributed by atoms with E-state index in [0.717, 1.165) is 30.1 Å². The Bertz CT molecular complexity index is 1170. The molecule has 1 heterocycles. The fraction of sp³-hybridized carbons (Fsp3) is 0.259. The lowest BCUT2D eigenvalue weighted by atomic mass is 10.1. The Balaban J connectivity index is 1.25. The first-order valence-corrected chi connectivity index (χ1v) is 11.8. The highest BCUT2D eigenvalue weighted by Gasteiger charge is 2.22. The number of methoxy groups -OCH3 is 1. The molecule has 3 aromatic carbocycles. The number of piperazine rings is 1. The number of nitrogens with one attached hydrogen (secondary N) is 1. The smallest absolute Gasteiger partial charge is 0.262 e. The standard InChI is InChI=1S/C27H28ClN3O4/c1-19-17-21(28)5-12-25(19)35-18-26(32)29-22-6-8-23(9-7-22)30-13-15-31(16-14-30)27(33)20-3-10-24(34-2)11-4-20/h3-12,17H,13-16,18H2,1-2H3,(H,29,32). The average molecular weight is 494 g/mol. The maximum atomic E-state index is 12.8. The number of carbonyl (C=O) groups is 2. The molecular formula is C27H28ClN3O4. The first-order valence-electron chi connectivity index (χ1n) is 11.4. The molecule has 3 aromatic rings. The zero-order valence-electron chi connectivity index (χ0n) is 19.8. The van der Waals surface area contributed by atoms with Crippen LogP contribution in [-0.2, 0) is 4.79 Å². The third-order valence-electron chi connectivity index (χ3n) is 5.92. The van der Waals surface area contributed by atoms with E-state index >= 15 is 0 Å². The van der Waals surface area contributed by atoms with Gasteiger partial charge in [-0.3, -0.25) is 9.59 Å². The summed E-state index contributed by atoms with van der Waals surface area (Å²) in [5.41, 5.74) is 3.28. The highest BCUT2D eigenvalue weighted by molar-refractivity contribution is 6.30. The molecule has 0 bridgehead atoms. The van der Waals surface area contributed by atoms with Crippen molar-refractivity contribution in [2.24, 2.45) is 0 Å². The van der Waals surface area contributed by atoms with E-state index in [1.807, 2.05) is 36.1 Å². The molecule has 1 aliphatic rings. The molecule has 4 rings (SSSR count). The van der Waals surface area contributed by atoms with Gasteiger partial charge in [0.1, 0.15) is 11.5 Å². The molecular weight excluding hydrogens is 466 g/mol. The highest BCUT2D eigenvalue weighted by Crippen LogP contribution is 2.23. The normalized spacial score (nSPS) is 13.3. The number of rotatable bonds is 7. The zero-order valence-corrected chi connectivity index (χ0v) is 20.5. The highest BCUT2D eigenvalue weighted by atomic mass is 35.5. The third-order valence-corrected chi connectivity index (χ3v) is 6.15. The van der Waals surface area contributed by atoms with Crippen molar-refractivity contribution >= 4 is 34.8 Å². The van der Waals surface area contributed by atoms with Crippen molar-refractivity contribution in [2.45, 2.75) is 6.92 Å². The number of halogens is 1. The van der Waals surface area contributed by atoms with Crippen LogP contribution in [0.4, 0.5) is 11.4 Å². The van der Waals surface area contributed by atoms with Gasteiger partial charge in [-0.25, -0.2) is 0 Å². The summed E-state index contributed by atoms with van der Waals surface area (Å²) in [4.78, 5) is 29.2. The lowest BCUT2D eigenvalue weighted by Crippen LogP contribution is -2.48. The summed E-state index contributed by atoms with van der Waals surface area (Å²) in [6, 6.07) is 20.2. The first kappa shape index (κ1) is 24.4. The van der Waals surface area contributed by atoms with Gasteiger partial charge in [-0.1, -0.05) is 11.6 Å². The molecule has 2 amide bonds. The van der Waals surface area contributed by atoms with E-state index < -0.39 is 0 Å². The van der Waals surface area contributed by atoms with Crippen LogP contribution in [0.1, 0.15) is 15.9 Å². The van der Waals surface area contributed by atoms with Gasteiger partial charge in [0.2, 0.25) is 0 Å². The third kappa shape index (κ3) is 6.25. The van der Waals surface area contributed by atoms with Crippen molar-refractivity contribution in [1.29, 1.82) is 0 Å². The van der Waals surface area contributed by atoms with E-state index in [0.29, 0.717) is 35.1 Å². The number of ether oxygens (including phenoxy) is 2. The second kappa shape index (κ2) is 11.1. The fourth-order valence-corrected chi connectivity index (χ4v) is 4.18. The maximum Gasteiger partial charge on any atom is 0.262 e. The Hall–Kier alpha value is -3.71. The molecule has 182 valence electrons. The van der Waals surface area contributed by atoms with E-state index in [1.165, 1.54) is 0 Å². The molecule has 0 unspecified atom stereocenters. The maximum absolute atomic E-state index is 12.8. The number of carbonyl (C=O) groups excluding carboxylic acids is 2. The number of benzene rings is 3. The summed E-state index contributed by atoms with van der Waals surface area (Å²) in [5, 5.41) is 3.48. The first-order chi connectivity index (χ1) is 16.9. The van der Waals surface area contributed by atoms with Crippen LogP contribution in [0.15, 0.2) is 66.7 Å². The Morgan fingerprint density at radius 1 is 0.943 bits per heavy atom. The quantitative estimate of drug-likeness (QED) is 0.519. The molecule has 0 aliphatic carbocycles. The van der Waals surface area contributed by atoms with Crippen molar-refractivity contribution in [3.8, 4) is 11.5 Å². The molecule has 8 heteroatoms. The van der Waals surface area contributed by atoms with Crippen LogP contribution >= 0.6 is 11.6 Å². The second-order valence-corrected chi connectivity index (χ2v) is 8.74. The molecule has 1 saturated heterocycles. The Morgan fingerprint density at radius 2 is 1.63 bits per heavy atom. The Kier molecular flexibility index (Phi) is 7.77. The number of hydrogen-bond acceptors (Lipinski definition) is 5. The molecule has 1 N–H and O–H groups in total. The van der Waals surface area contributed by atoms with Crippen LogP contribution in [-0.4, -0.2) is 56.6 Å². The van der Waals surface area contributed by atoms with Gasteiger partial charge < -0.3 is 24.6 Å². The molecule has 1 fully saturated rings. The van der Waals surface area contributed by atoms with Crippen LogP contribution in [0.3, 0.4) is 0 Å². The van der Waals surface area contributed by atoms with Crippen LogP contribution in [0.25, 0.3) is 0 Å². The van der Waals surface area contributed by atoms with Gasteiger partial charge in [-0.15, -0.1) is 0 Å². The fourth-order valence-electron chi connectivity index (χ4n) is 3.95. The second-order valence-electron chi connectivity index (χ2n) is 8.30. The Labute approximate surface area is 210 Å². The number of aryl methyl sites for hydroxylation is 1. The molecule has 35 heavy (non-hydrogen) atoms. The summed E-state index contributed by atoms with van der Waals surface area (Å²) < 4.78 is 10.8. The predicted molar refractivity (Wildman–Crippen MR) is 138 cm³/mol. The molecule has 0 atom stereocenters. The minimum Gasteiger partial charge on any atom is -0.497 e. The minimum absolute atomic E-state index is 0.0291. The topological polar surface area (TPSA) is 71.1 Å². The predicted octanol–water partition coefficient (Wildman–Crippen LogP) is 4.64. The van der Waals surface area contributed by atoms with Crippen molar-refractivity contribution in [1.82, 2.24) is 4.90 Å². The molecule has 0 spiro atoms. The molecule has 0 radical (unpaired) electrons. The number of anilines is 2. The molecule has 0 aromatic heterocycles. The van der Waals surface area contributed by atoms with Gasteiger partial charge in [-0.2, -0.15) is 0 Å². The van der Waals surface area contributed by atoms with Crippen LogP contribution in [0.2, 0.25) is 5.02 Å². The minimum atomic E-state index is -0.238. The number of hydrogen-bond donors (Lipinski definition) is 1. The van der Waals surface area contributed by atoms with Gasteiger partial charge in [0.15, 0.2) is 6.61 Å². The lowest BCUT2D eigenvalue weighted by molar-refractivity contribution is -0.118. The van der Waals surface area contributed by atoms with Gasteiger partial charge in [-0.05, 0) is 79.2 Å². The van der Waals surface area contributed by atoms with Crippen LogP contribution in [0, 0.1) is 6.92 Å². The van der Waals surface area contributed by atoms with E-state index in [-0.39, 0.29) is 18.4 Å². The van der Waals surface area contributed by atoms with Crippen LogP contribution in [0.5, 0.6) is 11.5 Å². The summed E-state index contributed by atoms with van der Waals surface area (Å²) in [5.74, 6) is 1.15. The van der Waals surface area contributed by atoms with Crippen molar-refractivity contribution in [3.05, 3.63) is 82.9 Å². The van der Waals surface area contributed by atoms with E-state index in [2.05, 4.69) is 10.2 Å². The molecule has 0 saturated carbocycles. The van der Waals surface area contributed by atoms with Crippen LogP contribution < -0.4 is 19.7 Å². The summed E-state index contributed by atoms with van der Waals surface area (Å²) in [6.07, 6.45) is 0. The van der Waals surface area contributed by atoms with Crippen molar-refractivity contribution in [2.75, 3.05) is 50.1 Å². The summed E-state index contributed by atoms with van der Waals surface area (Å²) >= 11 is 5.95. The number of nitrogens with zero attached hydrogens (tertiary/aromatic N) is 2.